The van der Waals surface area contributed by atoms with E-state index in [0.717, 1.165) is 13.0 Å². The number of nitrogens with two attached hydrogens (primary N) is 1. The fourth-order valence-electron chi connectivity index (χ4n) is 1.83. The molecule has 1 aromatic carbocycles. The van der Waals surface area contributed by atoms with Crippen molar-refractivity contribution in [2.75, 3.05) is 32.7 Å². The van der Waals surface area contributed by atoms with Gasteiger partial charge in [0.15, 0.2) is 0 Å². The van der Waals surface area contributed by atoms with Crippen LogP contribution >= 0.6 is 0 Å². The van der Waals surface area contributed by atoms with Crippen molar-refractivity contribution in [1.82, 2.24) is 0 Å². The predicted molar refractivity (Wildman–Crippen MR) is 66.6 cm³/mol. The van der Waals surface area contributed by atoms with Crippen molar-refractivity contribution in [3.8, 4) is 5.75 Å². The fraction of sp³-hybridized carbons (Fsp3) is 0.462. The summed E-state index contributed by atoms with van der Waals surface area (Å²) in [5.74, 6) is 0.458. The van der Waals surface area contributed by atoms with Crippen LogP contribution in [-0.4, -0.2) is 32.9 Å². The van der Waals surface area contributed by atoms with E-state index >= 15 is 0 Å². The molecule has 5 heteroatoms. The molecule has 1 unspecified atom stereocenters. The van der Waals surface area contributed by atoms with Gasteiger partial charge >= 0.3 is 5.97 Å². The number of anilines is 1. The Morgan fingerprint density at radius 1 is 1.56 bits per heavy atom. The van der Waals surface area contributed by atoms with Crippen LogP contribution in [-0.2, 0) is 9.47 Å². The van der Waals surface area contributed by atoms with E-state index in [1.807, 2.05) is 0 Å². The van der Waals surface area contributed by atoms with Crippen molar-refractivity contribution in [3.63, 3.8) is 0 Å². The number of esters is 1. The number of carbonyl (C=O) groups is 1. The molecule has 1 heterocycles. The molecule has 1 aliphatic rings. The van der Waals surface area contributed by atoms with Gasteiger partial charge in [0.2, 0.25) is 0 Å². The lowest BCUT2D eigenvalue weighted by Gasteiger charge is -2.11. The number of ether oxygens (including phenoxy) is 3. The first-order chi connectivity index (χ1) is 8.70. The first-order valence-electron chi connectivity index (χ1n) is 5.89. The molecule has 1 fully saturated rings. The van der Waals surface area contributed by atoms with E-state index in [0.29, 0.717) is 36.1 Å². The standard InChI is InChI=1S/C13H17NO4/c1-16-10-2-3-12(14)11(6-10)13(15)18-8-9-4-5-17-7-9/h2-3,6,9H,4-5,7-8,14H2,1H3. The van der Waals surface area contributed by atoms with Gasteiger partial charge in [-0.25, -0.2) is 4.79 Å². The van der Waals surface area contributed by atoms with Crippen LogP contribution in [0.25, 0.3) is 0 Å². The summed E-state index contributed by atoms with van der Waals surface area (Å²) >= 11 is 0. The van der Waals surface area contributed by atoms with Gasteiger partial charge in [-0.15, -0.1) is 0 Å². The third-order valence-electron chi connectivity index (χ3n) is 2.95. The summed E-state index contributed by atoms with van der Waals surface area (Å²) in [7, 11) is 1.54. The van der Waals surface area contributed by atoms with Gasteiger partial charge in [0, 0.05) is 18.2 Å². The van der Waals surface area contributed by atoms with Crippen LogP contribution in [0.15, 0.2) is 18.2 Å². The highest BCUT2D eigenvalue weighted by molar-refractivity contribution is 5.95. The highest BCUT2D eigenvalue weighted by Crippen LogP contribution is 2.21. The molecular weight excluding hydrogens is 234 g/mol. The molecule has 1 aromatic rings. The number of methoxy groups -OCH3 is 1. The molecule has 2 N–H and O–H groups in total. The maximum Gasteiger partial charge on any atom is 0.340 e. The van der Waals surface area contributed by atoms with Crippen LogP contribution in [0.1, 0.15) is 16.8 Å². The van der Waals surface area contributed by atoms with Crippen LogP contribution in [0, 0.1) is 5.92 Å². The maximum absolute atomic E-state index is 11.9. The monoisotopic (exact) mass is 251 g/mol. The summed E-state index contributed by atoms with van der Waals surface area (Å²) in [6.45, 7) is 1.76. The van der Waals surface area contributed by atoms with Crippen LogP contribution < -0.4 is 10.5 Å². The minimum Gasteiger partial charge on any atom is -0.497 e. The second kappa shape index (κ2) is 5.73. The molecular formula is C13H17NO4. The average molecular weight is 251 g/mol. The Kier molecular flexibility index (Phi) is 4.04. The molecule has 0 radical (unpaired) electrons. The number of hydrogen-bond acceptors (Lipinski definition) is 5. The molecule has 1 aliphatic heterocycles. The first kappa shape index (κ1) is 12.7. The molecule has 1 atom stereocenters. The van der Waals surface area contributed by atoms with Crippen LogP contribution in [0.5, 0.6) is 5.75 Å². The molecule has 0 bridgehead atoms. The molecule has 0 saturated carbocycles. The van der Waals surface area contributed by atoms with E-state index in [2.05, 4.69) is 0 Å². The van der Waals surface area contributed by atoms with Gasteiger partial charge in [0.25, 0.3) is 0 Å². The van der Waals surface area contributed by atoms with Gasteiger partial charge in [-0.3, -0.25) is 0 Å². The van der Waals surface area contributed by atoms with Crippen molar-refractivity contribution >= 4 is 11.7 Å². The average Bonchev–Trinajstić information content (AvgIpc) is 2.89. The van der Waals surface area contributed by atoms with Crippen molar-refractivity contribution in [2.45, 2.75) is 6.42 Å². The van der Waals surface area contributed by atoms with Gasteiger partial charge in [-0.05, 0) is 24.6 Å². The maximum atomic E-state index is 11.9. The van der Waals surface area contributed by atoms with Gasteiger partial charge in [-0.1, -0.05) is 0 Å². The summed E-state index contributed by atoms with van der Waals surface area (Å²) in [6.07, 6.45) is 0.931. The Labute approximate surface area is 106 Å². The number of nitrogen functional groups attached to an aromatic ring is 1. The second-order valence-corrected chi connectivity index (χ2v) is 4.28. The third-order valence-corrected chi connectivity index (χ3v) is 2.95. The lowest BCUT2D eigenvalue weighted by atomic mass is 10.1. The van der Waals surface area contributed by atoms with E-state index in [1.54, 1.807) is 18.2 Å². The number of hydrogen-bond donors (Lipinski definition) is 1. The van der Waals surface area contributed by atoms with Crippen LogP contribution in [0.3, 0.4) is 0 Å². The van der Waals surface area contributed by atoms with E-state index in [4.69, 9.17) is 19.9 Å². The SMILES string of the molecule is COc1ccc(N)c(C(=O)OCC2CCOC2)c1. The zero-order valence-electron chi connectivity index (χ0n) is 10.3. The number of carbonyl (C=O) groups excluding carboxylic acids is 1. The van der Waals surface area contributed by atoms with Crippen molar-refractivity contribution < 1.29 is 19.0 Å². The number of rotatable bonds is 4. The highest BCUT2D eigenvalue weighted by atomic mass is 16.5. The summed E-state index contributed by atoms with van der Waals surface area (Å²) in [5.41, 5.74) is 6.48. The molecule has 98 valence electrons. The smallest absolute Gasteiger partial charge is 0.340 e. The van der Waals surface area contributed by atoms with E-state index in [9.17, 15) is 4.79 Å². The Hall–Kier alpha value is -1.75. The Morgan fingerprint density at radius 2 is 2.39 bits per heavy atom. The second-order valence-electron chi connectivity index (χ2n) is 4.28. The Bertz CT molecular complexity index is 427. The highest BCUT2D eigenvalue weighted by Gasteiger charge is 2.19. The Morgan fingerprint density at radius 3 is 3.06 bits per heavy atom. The van der Waals surface area contributed by atoms with Gasteiger partial charge < -0.3 is 19.9 Å². The quantitative estimate of drug-likeness (QED) is 0.648. The molecule has 0 amide bonds. The summed E-state index contributed by atoms with van der Waals surface area (Å²) in [4.78, 5) is 11.9. The fourth-order valence-corrected chi connectivity index (χ4v) is 1.83. The molecule has 18 heavy (non-hydrogen) atoms. The first-order valence-corrected chi connectivity index (χ1v) is 5.89. The molecule has 1 saturated heterocycles. The lowest BCUT2D eigenvalue weighted by molar-refractivity contribution is 0.0429. The normalized spacial score (nSPS) is 18.6. The lowest BCUT2D eigenvalue weighted by Crippen LogP contribution is -2.15. The molecule has 0 aliphatic carbocycles. The summed E-state index contributed by atoms with van der Waals surface area (Å²) < 4.78 is 15.5. The van der Waals surface area contributed by atoms with E-state index in [1.165, 1.54) is 7.11 Å². The van der Waals surface area contributed by atoms with E-state index in [-0.39, 0.29) is 0 Å². The third kappa shape index (κ3) is 2.92. The molecule has 0 spiro atoms. The summed E-state index contributed by atoms with van der Waals surface area (Å²) in [6, 6.07) is 4.92. The van der Waals surface area contributed by atoms with Crippen molar-refractivity contribution in [2.24, 2.45) is 5.92 Å². The molecule has 5 nitrogen and oxygen atoms in total. The minimum absolute atomic E-state index is 0.292. The zero-order valence-corrected chi connectivity index (χ0v) is 10.3. The zero-order chi connectivity index (χ0) is 13.0. The molecule has 0 aromatic heterocycles. The van der Waals surface area contributed by atoms with Crippen molar-refractivity contribution in [3.05, 3.63) is 23.8 Å². The Balaban J connectivity index is 1.98. The van der Waals surface area contributed by atoms with Gasteiger partial charge in [-0.2, -0.15) is 0 Å². The molecule has 2 rings (SSSR count). The topological polar surface area (TPSA) is 70.8 Å². The summed E-state index contributed by atoms with van der Waals surface area (Å²) in [5, 5.41) is 0. The predicted octanol–water partition coefficient (Wildman–Crippen LogP) is 1.47. The largest absolute Gasteiger partial charge is 0.497 e. The van der Waals surface area contributed by atoms with Crippen molar-refractivity contribution in [1.29, 1.82) is 0 Å². The van der Waals surface area contributed by atoms with Gasteiger partial charge in [0.1, 0.15) is 5.75 Å². The van der Waals surface area contributed by atoms with Crippen LogP contribution in [0.4, 0.5) is 5.69 Å². The van der Waals surface area contributed by atoms with Gasteiger partial charge in [0.05, 0.1) is 25.9 Å². The van der Waals surface area contributed by atoms with E-state index < -0.39 is 5.97 Å². The minimum atomic E-state index is -0.418. The number of benzene rings is 1. The van der Waals surface area contributed by atoms with Crippen LogP contribution in [0.2, 0.25) is 0 Å².